The third kappa shape index (κ3) is 3.62. The minimum Gasteiger partial charge on any atom is -0.465 e. The Morgan fingerprint density at radius 1 is 1.20 bits per heavy atom. The summed E-state index contributed by atoms with van der Waals surface area (Å²) >= 11 is 12.7. The summed E-state index contributed by atoms with van der Waals surface area (Å²) in [6, 6.07) is 11.1. The Hall–Kier alpha value is -3.03. The molecule has 2 aromatic carbocycles. The number of amides is 2. The van der Waals surface area contributed by atoms with E-state index in [1.807, 2.05) is 6.07 Å². The van der Waals surface area contributed by atoms with Gasteiger partial charge in [0.25, 0.3) is 0 Å². The number of H-pyrrole nitrogens is 1. The fourth-order valence-electron chi connectivity index (χ4n) is 3.61. The van der Waals surface area contributed by atoms with Crippen molar-refractivity contribution in [3.63, 3.8) is 0 Å². The summed E-state index contributed by atoms with van der Waals surface area (Å²) in [5.74, 6) is -0.534. The molecule has 0 radical (unpaired) electrons. The summed E-state index contributed by atoms with van der Waals surface area (Å²) in [6.45, 7) is 0.426. The molecule has 0 bridgehead atoms. The van der Waals surface area contributed by atoms with Crippen molar-refractivity contribution in [2.24, 2.45) is 0 Å². The van der Waals surface area contributed by atoms with E-state index < -0.39 is 12.0 Å². The number of benzene rings is 2. The summed E-state index contributed by atoms with van der Waals surface area (Å²) in [5.41, 5.74) is 2.95. The van der Waals surface area contributed by atoms with Crippen LogP contribution in [0.1, 0.15) is 33.4 Å². The molecule has 4 rings (SSSR count). The zero-order valence-electron chi connectivity index (χ0n) is 16.0. The standard InChI is InChI=1S/C21H18Cl2N4O3/c1-30-20(28)12-5-2-3-8-15(12)26-21(29)27-10-9-16-18(25-11-24-16)19(27)13-6-4-7-14(22)17(13)23/h2-8,11,19H,9-10H2,1H3,(H,24,25)(H,26,29)/t19-/m0/s1. The lowest BCUT2D eigenvalue weighted by Gasteiger charge is -2.35. The molecule has 1 aliphatic rings. The molecule has 1 atom stereocenters. The summed E-state index contributed by atoms with van der Waals surface area (Å²) in [6.07, 6.45) is 2.21. The minimum atomic E-state index is -0.534. The van der Waals surface area contributed by atoms with E-state index in [2.05, 4.69) is 15.3 Å². The van der Waals surface area contributed by atoms with Gasteiger partial charge in [-0.2, -0.15) is 0 Å². The molecule has 7 nitrogen and oxygen atoms in total. The van der Waals surface area contributed by atoms with Gasteiger partial charge < -0.3 is 19.9 Å². The van der Waals surface area contributed by atoms with E-state index in [1.54, 1.807) is 47.6 Å². The first-order valence-corrected chi connectivity index (χ1v) is 9.98. The number of imidazole rings is 1. The number of urea groups is 1. The van der Waals surface area contributed by atoms with E-state index in [0.717, 1.165) is 5.69 Å². The number of esters is 1. The fourth-order valence-corrected chi connectivity index (χ4v) is 4.02. The topological polar surface area (TPSA) is 87.3 Å². The first-order chi connectivity index (χ1) is 14.5. The molecule has 1 aromatic heterocycles. The second-order valence-corrected chi connectivity index (χ2v) is 7.51. The van der Waals surface area contributed by atoms with Crippen LogP contribution in [0.3, 0.4) is 0 Å². The van der Waals surface area contributed by atoms with Crippen LogP contribution in [-0.4, -0.2) is 40.5 Å². The van der Waals surface area contributed by atoms with Crippen molar-refractivity contribution < 1.29 is 14.3 Å². The lowest BCUT2D eigenvalue weighted by Crippen LogP contribution is -2.43. The third-order valence-electron chi connectivity index (χ3n) is 5.04. The number of carbonyl (C=O) groups is 2. The third-order valence-corrected chi connectivity index (χ3v) is 5.87. The van der Waals surface area contributed by atoms with Gasteiger partial charge in [0.15, 0.2) is 0 Å². The smallest absolute Gasteiger partial charge is 0.339 e. The normalized spacial score (nSPS) is 15.4. The number of nitrogens with zero attached hydrogens (tertiary/aromatic N) is 2. The Labute approximate surface area is 183 Å². The van der Waals surface area contributed by atoms with Gasteiger partial charge in [0.2, 0.25) is 0 Å². The lowest BCUT2D eigenvalue weighted by molar-refractivity contribution is 0.0602. The molecule has 0 saturated carbocycles. The summed E-state index contributed by atoms with van der Waals surface area (Å²) in [5, 5.41) is 3.59. The van der Waals surface area contributed by atoms with Gasteiger partial charge in [0.05, 0.1) is 40.4 Å². The van der Waals surface area contributed by atoms with E-state index in [-0.39, 0.29) is 11.6 Å². The highest BCUT2D eigenvalue weighted by Gasteiger charge is 2.36. The maximum atomic E-state index is 13.3. The molecular formula is C21H18Cl2N4O3. The van der Waals surface area contributed by atoms with Gasteiger partial charge in [-0.1, -0.05) is 47.5 Å². The number of hydrogen-bond acceptors (Lipinski definition) is 4. The molecule has 0 unspecified atom stereocenters. The van der Waals surface area contributed by atoms with Crippen LogP contribution < -0.4 is 5.32 Å². The lowest BCUT2D eigenvalue weighted by atomic mass is 9.96. The first-order valence-electron chi connectivity index (χ1n) is 9.22. The summed E-state index contributed by atoms with van der Waals surface area (Å²) < 4.78 is 4.81. The van der Waals surface area contributed by atoms with Crippen molar-refractivity contribution in [2.75, 3.05) is 19.0 Å². The Morgan fingerprint density at radius 3 is 2.80 bits per heavy atom. The van der Waals surface area contributed by atoms with Crippen LogP contribution >= 0.6 is 23.2 Å². The molecule has 30 heavy (non-hydrogen) atoms. The Kier molecular flexibility index (Phi) is 5.65. The number of carbonyl (C=O) groups excluding carboxylic acids is 2. The number of fused-ring (bicyclic) bond motifs is 1. The molecular weight excluding hydrogens is 427 g/mol. The summed E-state index contributed by atoms with van der Waals surface area (Å²) in [4.78, 5) is 34.5. The van der Waals surface area contributed by atoms with Crippen LogP contribution in [0, 0.1) is 0 Å². The van der Waals surface area contributed by atoms with Crippen LogP contribution in [0.15, 0.2) is 48.8 Å². The molecule has 9 heteroatoms. The second-order valence-electron chi connectivity index (χ2n) is 6.72. The van der Waals surface area contributed by atoms with E-state index >= 15 is 0 Å². The maximum Gasteiger partial charge on any atom is 0.339 e. The van der Waals surface area contributed by atoms with Gasteiger partial charge in [-0.25, -0.2) is 14.6 Å². The highest BCUT2D eigenvalue weighted by molar-refractivity contribution is 6.42. The van der Waals surface area contributed by atoms with E-state index in [0.29, 0.717) is 40.0 Å². The van der Waals surface area contributed by atoms with Gasteiger partial charge in [-0.05, 0) is 18.2 Å². The molecule has 154 valence electrons. The average Bonchev–Trinajstić information content (AvgIpc) is 3.24. The van der Waals surface area contributed by atoms with Gasteiger partial charge in [-0.3, -0.25) is 0 Å². The Balaban J connectivity index is 1.72. The van der Waals surface area contributed by atoms with Crippen LogP contribution in [0.2, 0.25) is 10.0 Å². The highest BCUT2D eigenvalue weighted by atomic mass is 35.5. The molecule has 3 aromatic rings. The zero-order valence-corrected chi connectivity index (χ0v) is 17.5. The quantitative estimate of drug-likeness (QED) is 0.573. The van der Waals surface area contributed by atoms with E-state index in [9.17, 15) is 9.59 Å². The SMILES string of the molecule is COC(=O)c1ccccc1NC(=O)N1CCc2[nH]cnc2[C@@H]1c1cccc(Cl)c1Cl. The van der Waals surface area contributed by atoms with E-state index in [4.69, 9.17) is 27.9 Å². The van der Waals surface area contributed by atoms with Crippen molar-refractivity contribution in [3.05, 3.63) is 81.4 Å². The average molecular weight is 445 g/mol. The van der Waals surface area contributed by atoms with Gasteiger partial charge in [0.1, 0.15) is 6.04 Å². The minimum absolute atomic E-state index is 0.267. The van der Waals surface area contributed by atoms with Crippen molar-refractivity contribution in [1.82, 2.24) is 14.9 Å². The van der Waals surface area contributed by atoms with Crippen molar-refractivity contribution in [1.29, 1.82) is 0 Å². The number of para-hydroxylation sites is 1. The fraction of sp³-hybridized carbons (Fsp3) is 0.190. The van der Waals surface area contributed by atoms with Crippen LogP contribution in [0.4, 0.5) is 10.5 Å². The molecule has 0 saturated heterocycles. The van der Waals surface area contributed by atoms with Crippen molar-refractivity contribution >= 4 is 40.9 Å². The molecule has 0 fully saturated rings. The van der Waals surface area contributed by atoms with Gasteiger partial charge in [0, 0.05) is 24.2 Å². The first kappa shape index (κ1) is 20.3. The Bertz CT molecular complexity index is 1120. The Morgan fingerprint density at radius 2 is 2.00 bits per heavy atom. The summed E-state index contributed by atoms with van der Waals surface area (Å²) in [7, 11) is 1.29. The number of ether oxygens (including phenoxy) is 1. The monoisotopic (exact) mass is 444 g/mol. The van der Waals surface area contributed by atoms with Gasteiger partial charge >= 0.3 is 12.0 Å². The van der Waals surface area contributed by atoms with Crippen LogP contribution in [0.5, 0.6) is 0 Å². The van der Waals surface area contributed by atoms with E-state index in [1.165, 1.54) is 7.11 Å². The molecule has 2 heterocycles. The largest absolute Gasteiger partial charge is 0.465 e. The van der Waals surface area contributed by atoms with Crippen molar-refractivity contribution in [2.45, 2.75) is 12.5 Å². The number of nitrogens with one attached hydrogen (secondary N) is 2. The number of halogens is 2. The molecule has 2 N–H and O–H groups in total. The van der Waals surface area contributed by atoms with Crippen molar-refractivity contribution in [3.8, 4) is 0 Å². The number of hydrogen-bond donors (Lipinski definition) is 2. The zero-order chi connectivity index (χ0) is 21.3. The second kappa shape index (κ2) is 8.38. The van der Waals surface area contributed by atoms with Gasteiger partial charge in [-0.15, -0.1) is 0 Å². The number of aromatic nitrogens is 2. The molecule has 2 amide bonds. The molecule has 0 aliphatic carbocycles. The number of methoxy groups -OCH3 is 1. The maximum absolute atomic E-state index is 13.3. The molecule has 0 spiro atoms. The highest BCUT2D eigenvalue weighted by Crippen LogP contribution is 2.39. The molecule has 1 aliphatic heterocycles. The predicted octanol–water partition coefficient (Wildman–Crippen LogP) is 4.68. The number of aromatic amines is 1. The van der Waals surface area contributed by atoms with Crippen LogP contribution in [0.25, 0.3) is 0 Å². The van der Waals surface area contributed by atoms with Crippen LogP contribution in [-0.2, 0) is 11.2 Å². The number of anilines is 1. The number of rotatable bonds is 3. The predicted molar refractivity (Wildman–Crippen MR) is 114 cm³/mol.